The largest absolute Gasteiger partial charge is 0.495 e. The number of hydrogen-bond donors (Lipinski definition) is 1. The van der Waals surface area contributed by atoms with E-state index >= 15 is 0 Å². The van der Waals surface area contributed by atoms with Crippen LogP contribution in [0.3, 0.4) is 0 Å². The Morgan fingerprint density at radius 3 is 2.45 bits per heavy atom. The van der Waals surface area contributed by atoms with E-state index in [4.69, 9.17) is 4.74 Å². The topological polar surface area (TPSA) is 75.7 Å². The van der Waals surface area contributed by atoms with Gasteiger partial charge in [-0.1, -0.05) is 6.07 Å². The fourth-order valence-electron chi connectivity index (χ4n) is 3.34. The van der Waals surface area contributed by atoms with Crippen LogP contribution >= 0.6 is 11.3 Å². The van der Waals surface area contributed by atoms with Crippen LogP contribution in [0.1, 0.15) is 15.2 Å². The van der Waals surface area contributed by atoms with Gasteiger partial charge >= 0.3 is 0 Å². The number of carbonyl (C=O) groups excluding carboxylic acids is 1. The van der Waals surface area contributed by atoms with Crippen molar-refractivity contribution in [3.8, 4) is 5.75 Å². The highest BCUT2D eigenvalue weighted by atomic mass is 32.2. The first kappa shape index (κ1) is 22.8. The third-order valence-corrected chi connectivity index (χ3v) is 8.07. The van der Waals surface area contributed by atoms with Gasteiger partial charge in [-0.05, 0) is 78.5 Å². The summed E-state index contributed by atoms with van der Waals surface area (Å²) in [6.45, 7) is 1.81. The first-order valence-electron chi connectivity index (χ1n) is 9.93. The van der Waals surface area contributed by atoms with Gasteiger partial charge in [-0.25, -0.2) is 12.8 Å². The van der Waals surface area contributed by atoms with Crippen molar-refractivity contribution in [2.75, 3.05) is 23.8 Å². The monoisotopic (exact) mass is 484 g/mol. The Morgan fingerprint density at radius 2 is 1.76 bits per heavy atom. The summed E-state index contributed by atoms with van der Waals surface area (Å²) in [7, 11) is -0.969. The van der Waals surface area contributed by atoms with Gasteiger partial charge < -0.3 is 10.1 Å². The minimum Gasteiger partial charge on any atom is -0.495 e. The lowest BCUT2D eigenvalue weighted by Crippen LogP contribution is -2.27. The summed E-state index contributed by atoms with van der Waals surface area (Å²) in [5.74, 6) is -0.441. The number of aryl methyl sites for hydroxylation is 1. The van der Waals surface area contributed by atoms with E-state index in [9.17, 15) is 17.6 Å². The Bertz CT molecular complexity index is 1450. The summed E-state index contributed by atoms with van der Waals surface area (Å²) >= 11 is 1.29. The van der Waals surface area contributed by atoms with Gasteiger partial charge in [0.2, 0.25) is 0 Å². The van der Waals surface area contributed by atoms with Crippen molar-refractivity contribution in [2.45, 2.75) is 11.8 Å². The molecule has 1 N–H and O–H groups in total. The van der Waals surface area contributed by atoms with Crippen molar-refractivity contribution in [1.82, 2.24) is 0 Å². The Hall–Kier alpha value is -3.43. The average Bonchev–Trinajstić information content (AvgIpc) is 3.23. The van der Waals surface area contributed by atoms with Gasteiger partial charge in [0.1, 0.15) is 16.5 Å². The zero-order valence-corrected chi connectivity index (χ0v) is 19.8. The molecule has 0 spiro atoms. The molecule has 6 nitrogen and oxygen atoms in total. The molecule has 4 rings (SSSR count). The highest BCUT2D eigenvalue weighted by molar-refractivity contribution is 7.93. The summed E-state index contributed by atoms with van der Waals surface area (Å²) in [5, 5.41) is 3.47. The van der Waals surface area contributed by atoms with E-state index in [1.165, 1.54) is 54.1 Å². The summed E-state index contributed by atoms with van der Waals surface area (Å²) < 4.78 is 47.0. The molecule has 0 aliphatic heterocycles. The van der Waals surface area contributed by atoms with E-state index in [0.29, 0.717) is 16.3 Å². The van der Waals surface area contributed by atoms with Gasteiger partial charge in [0.15, 0.2) is 0 Å². The molecular weight excluding hydrogens is 463 g/mol. The number of ether oxygens (including phenoxy) is 1. The van der Waals surface area contributed by atoms with E-state index in [0.717, 1.165) is 15.6 Å². The van der Waals surface area contributed by atoms with Crippen molar-refractivity contribution >= 4 is 48.7 Å². The molecule has 0 aliphatic rings. The molecule has 9 heteroatoms. The Labute approximate surface area is 195 Å². The Kier molecular flexibility index (Phi) is 6.09. The van der Waals surface area contributed by atoms with Crippen LogP contribution < -0.4 is 14.4 Å². The number of sulfonamides is 1. The third-order valence-electron chi connectivity index (χ3n) is 5.15. The zero-order chi connectivity index (χ0) is 23.8. The van der Waals surface area contributed by atoms with Crippen LogP contribution in [0.5, 0.6) is 5.75 Å². The first-order valence-corrected chi connectivity index (χ1v) is 12.2. The highest BCUT2D eigenvalue weighted by Gasteiger charge is 2.26. The molecule has 170 valence electrons. The SMILES string of the molecule is COc1ccc(C)cc1S(=O)(=O)N(C)c1ccc2sc(C(=O)Nc3ccc(F)cc3)cc2c1. The summed E-state index contributed by atoms with van der Waals surface area (Å²) in [6.07, 6.45) is 0. The van der Waals surface area contributed by atoms with Crippen molar-refractivity contribution in [3.63, 3.8) is 0 Å². The van der Waals surface area contributed by atoms with Crippen LogP contribution in [-0.2, 0) is 10.0 Å². The molecule has 0 bridgehead atoms. The number of nitrogens with one attached hydrogen (secondary N) is 1. The lowest BCUT2D eigenvalue weighted by Gasteiger charge is -2.21. The molecule has 0 unspecified atom stereocenters. The van der Waals surface area contributed by atoms with Crippen molar-refractivity contribution in [3.05, 3.63) is 83.0 Å². The number of halogens is 1. The second-order valence-electron chi connectivity index (χ2n) is 7.42. The second kappa shape index (κ2) is 8.84. The predicted molar refractivity (Wildman–Crippen MR) is 129 cm³/mol. The molecule has 0 saturated carbocycles. The Morgan fingerprint density at radius 1 is 1.03 bits per heavy atom. The van der Waals surface area contributed by atoms with Crippen LogP contribution in [0.15, 0.2) is 71.6 Å². The van der Waals surface area contributed by atoms with E-state index in [1.54, 1.807) is 42.5 Å². The highest BCUT2D eigenvalue weighted by Crippen LogP contribution is 2.33. The standard InChI is InChI=1S/C24H21FN2O4S2/c1-15-4-10-20(31-3)23(12-15)33(29,30)27(2)19-9-11-21-16(13-19)14-22(32-21)24(28)26-18-7-5-17(25)6-8-18/h4-14H,1-3H3,(H,26,28). The molecular formula is C24H21FN2O4S2. The lowest BCUT2D eigenvalue weighted by molar-refractivity contribution is 0.103. The number of thiophene rings is 1. The normalized spacial score (nSPS) is 11.4. The van der Waals surface area contributed by atoms with Gasteiger partial charge in [0.25, 0.3) is 15.9 Å². The Balaban J connectivity index is 1.63. The van der Waals surface area contributed by atoms with Gasteiger partial charge in [-0.15, -0.1) is 11.3 Å². The molecule has 0 saturated heterocycles. The summed E-state index contributed by atoms with van der Waals surface area (Å²) in [4.78, 5) is 13.2. The van der Waals surface area contributed by atoms with E-state index in [1.807, 2.05) is 6.92 Å². The maximum atomic E-state index is 13.3. The molecule has 3 aromatic carbocycles. The molecule has 1 aromatic heterocycles. The predicted octanol–water partition coefficient (Wildman–Crippen LogP) is 5.43. The van der Waals surface area contributed by atoms with E-state index < -0.39 is 10.0 Å². The smallest absolute Gasteiger partial charge is 0.267 e. The molecule has 0 atom stereocenters. The van der Waals surface area contributed by atoms with Gasteiger partial charge in [-0.3, -0.25) is 9.10 Å². The van der Waals surface area contributed by atoms with E-state index in [2.05, 4.69) is 5.32 Å². The minimum atomic E-state index is -3.88. The van der Waals surface area contributed by atoms with Crippen LogP contribution in [0, 0.1) is 12.7 Å². The zero-order valence-electron chi connectivity index (χ0n) is 18.1. The fourth-order valence-corrected chi connectivity index (χ4v) is 5.70. The second-order valence-corrected chi connectivity index (χ2v) is 10.4. The number of amides is 1. The van der Waals surface area contributed by atoms with Crippen molar-refractivity contribution in [2.24, 2.45) is 0 Å². The number of nitrogens with zero attached hydrogens (tertiary/aromatic N) is 1. The number of carbonyl (C=O) groups is 1. The van der Waals surface area contributed by atoms with Crippen LogP contribution in [0.2, 0.25) is 0 Å². The molecule has 0 fully saturated rings. The van der Waals surface area contributed by atoms with Gasteiger partial charge in [0.05, 0.1) is 17.7 Å². The molecule has 4 aromatic rings. The molecule has 0 aliphatic carbocycles. The van der Waals surface area contributed by atoms with Crippen LogP contribution in [0.25, 0.3) is 10.1 Å². The quantitative estimate of drug-likeness (QED) is 0.396. The fraction of sp³-hybridized carbons (Fsp3) is 0.125. The molecule has 1 heterocycles. The third kappa shape index (κ3) is 4.55. The lowest BCUT2D eigenvalue weighted by atomic mass is 10.2. The molecule has 1 amide bonds. The number of fused-ring (bicyclic) bond motifs is 1. The summed E-state index contributed by atoms with van der Waals surface area (Å²) in [5.41, 5.74) is 1.74. The van der Waals surface area contributed by atoms with Crippen LogP contribution in [0.4, 0.5) is 15.8 Å². The van der Waals surface area contributed by atoms with Gasteiger partial charge in [-0.2, -0.15) is 0 Å². The number of hydrogen-bond acceptors (Lipinski definition) is 5. The molecule has 33 heavy (non-hydrogen) atoms. The van der Waals surface area contributed by atoms with Gasteiger partial charge in [0, 0.05) is 17.4 Å². The maximum Gasteiger partial charge on any atom is 0.267 e. The van der Waals surface area contributed by atoms with Crippen molar-refractivity contribution in [1.29, 1.82) is 0 Å². The number of anilines is 2. The minimum absolute atomic E-state index is 0.0808. The number of methoxy groups -OCH3 is 1. The van der Waals surface area contributed by atoms with E-state index in [-0.39, 0.29) is 22.4 Å². The van der Waals surface area contributed by atoms with Crippen LogP contribution in [-0.4, -0.2) is 28.5 Å². The number of rotatable bonds is 6. The molecule has 0 radical (unpaired) electrons. The first-order chi connectivity index (χ1) is 15.7. The number of benzene rings is 3. The maximum absolute atomic E-state index is 13.3. The summed E-state index contributed by atoms with van der Waals surface area (Å²) in [6, 6.07) is 17.4. The van der Waals surface area contributed by atoms with Crippen molar-refractivity contribution < 1.29 is 22.3 Å². The average molecular weight is 485 g/mol.